The maximum atomic E-state index is 14.5. The number of esters is 2. The lowest BCUT2D eigenvalue weighted by atomic mass is 9.93. The van der Waals surface area contributed by atoms with Crippen molar-refractivity contribution >= 4 is 41.2 Å². The van der Waals surface area contributed by atoms with E-state index in [-0.39, 0.29) is 67.3 Å². The number of ether oxygens (including phenoxy) is 3. The van der Waals surface area contributed by atoms with Crippen molar-refractivity contribution in [2.45, 2.75) is 111 Å². The van der Waals surface area contributed by atoms with Gasteiger partial charge in [0.2, 0.25) is 5.91 Å². The van der Waals surface area contributed by atoms with Crippen LogP contribution in [0.25, 0.3) is 11.1 Å². The molecule has 348 valence electrons. The second-order valence-corrected chi connectivity index (χ2v) is 18.8. The Morgan fingerprint density at radius 1 is 0.846 bits per heavy atom. The first kappa shape index (κ1) is 50.2. The second kappa shape index (κ2) is 23.9. The number of amides is 3. The van der Waals surface area contributed by atoms with E-state index in [2.05, 4.69) is 41.5 Å². The van der Waals surface area contributed by atoms with Crippen LogP contribution in [0.5, 0.6) is 0 Å². The van der Waals surface area contributed by atoms with Crippen LogP contribution in [0.4, 0.5) is 4.79 Å². The van der Waals surface area contributed by atoms with Gasteiger partial charge in [-0.2, -0.15) is 0 Å². The predicted octanol–water partition coefficient (Wildman–Crippen LogP) is 9.70. The van der Waals surface area contributed by atoms with Crippen molar-refractivity contribution in [2.24, 2.45) is 23.7 Å². The summed E-state index contributed by atoms with van der Waals surface area (Å²) in [6.07, 6.45) is 1.73. The molecule has 1 aromatic heterocycles. The van der Waals surface area contributed by atoms with Crippen LogP contribution in [0.1, 0.15) is 118 Å². The Kier molecular flexibility index (Phi) is 18.5. The lowest BCUT2D eigenvalue weighted by Gasteiger charge is -2.36. The average molecular weight is 907 g/mol. The molecule has 0 saturated carbocycles. The first-order chi connectivity index (χ1) is 31.1. The van der Waals surface area contributed by atoms with Crippen LogP contribution in [0.2, 0.25) is 0 Å². The van der Waals surface area contributed by atoms with Gasteiger partial charge in [-0.15, -0.1) is 11.3 Å². The minimum absolute atomic E-state index is 0.0317. The van der Waals surface area contributed by atoms with Gasteiger partial charge in [0.15, 0.2) is 6.10 Å². The van der Waals surface area contributed by atoms with Gasteiger partial charge < -0.3 is 29.7 Å². The molecule has 3 amide bonds. The molecule has 1 aliphatic rings. The summed E-state index contributed by atoms with van der Waals surface area (Å²) in [7, 11) is 1.70. The van der Waals surface area contributed by atoms with E-state index in [1.807, 2.05) is 96.1 Å². The number of thiazole rings is 1. The zero-order chi connectivity index (χ0) is 47.2. The number of aromatic nitrogens is 1. The number of alkyl carbamates (subject to hydrolysis) is 1. The van der Waals surface area contributed by atoms with Crippen molar-refractivity contribution in [3.8, 4) is 11.1 Å². The molecular formula is C52H66N4O8S. The molecule has 0 saturated heterocycles. The van der Waals surface area contributed by atoms with Crippen LogP contribution in [0.15, 0.2) is 96.9 Å². The van der Waals surface area contributed by atoms with Gasteiger partial charge in [-0.3, -0.25) is 19.2 Å². The summed E-state index contributed by atoms with van der Waals surface area (Å²) in [5.41, 5.74) is 5.55. The summed E-state index contributed by atoms with van der Waals surface area (Å²) in [6.45, 7) is 17.3. The van der Waals surface area contributed by atoms with E-state index in [0.29, 0.717) is 24.3 Å². The number of carbonyl (C=O) groups excluding carboxylic acids is 5. The third-order valence-electron chi connectivity index (χ3n) is 12.1. The topological polar surface area (TPSA) is 153 Å². The van der Waals surface area contributed by atoms with Gasteiger partial charge in [-0.05, 0) is 58.4 Å². The highest BCUT2D eigenvalue weighted by molar-refractivity contribution is 7.09. The van der Waals surface area contributed by atoms with E-state index in [1.165, 1.54) is 17.4 Å². The highest BCUT2D eigenvalue weighted by atomic mass is 32.1. The fourth-order valence-electron chi connectivity index (χ4n) is 8.37. The van der Waals surface area contributed by atoms with Crippen molar-refractivity contribution in [3.63, 3.8) is 0 Å². The molecule has 4 aromatic rings. The molecule has 0 aliphatic heterocycles. The molecule has 13 heteroatoms. The summed E-state index contributed by atoms with van der Waals surface area (Å²) in [5.74, 6) is -2.48. The Morgan fingerprint density at radius 3 is 2.08 bits per heavy atom. The first-order valence-corrected chi connectivity index (χ1v) is 23.6. The fourth-order valence-corrected chi connectivity index (χ4v) is 9.21. The van der Waals surface area contributed by atoms with Gasteiger partial charge in [0, 0.05) is 43.3 Å². The second-order valence-electron chi connectivity index (χ2n) is 17.9. The standard InChI is InChI=1S/C52H66N4O8S/c1-10-25-62-51(60)35(8)27-37(28-36-19-13-12-14-20-36)53-48(58)43-31-65-49(54-43)45(64-46(57)26-32(3)4)29-44(33(5)6)56(9)50(59)47(34(7)11-2)55-52(61)63-30-42-40-23-17-15-21-38(40)39-22-16-18-24-41(39)42/h10,12-24,31-35,37,42,44-45,47H,1,11,25-30H2,2-9H3,(H,53,58)(H,55,61)/t34-,35-,37+,44+,45+,47-/m0/s1. The van der Waals surface area contributed by atoms with Crippen LogP contribution in [-0.2, 0) is 35.0 Å². The minimum Gasteiger partial charge on any atom is -0.461 e. The Bertz CT molecular complexity index is 2200. The number of nitrogens with one attached hydrogen (secondary N) is 2. The average Bonchev–Trinajstić information content (AvgIpc) is 3.91. The number of benzene rings is 3. The van der Waals surface area contributed by atoms with E-state index in [4.69, 9.17) is 19.2 Å². The lowest BCUT2D eigenvalue weighted by molar-refractivity contribution is -0.152. The molecule has 65 heavy (non-hydrogen) atoms. The number of likely N-dealkylation sites (N-methyl/N-ethyl adjacent to an activating group) is 1. The number of hydrogen-bond donors (Lipinski definition) is 2. The Labute approximate surface area is 388 Å². The number of fused-ring (bicyclic) bond motifs is 3. The van der Waals surface area contributed by atoms with Gasteiger partial charge >= 0.3 is 18.0 Å². The molecule has 1 heterocycles. The summed E-state index contributed by atoms with van der Waals surface area (Å²) in [4.78, 5) is 74.4. The van der Waals surface area contributed by atoms with Gasteiger partial charge in [-0.25, -0.2) is 9.78 Å². The van der Waals surface area contributed by atoms with E-state index in [9.17, 15) is 24.0 Å². The van der Waals surface area contributed by atoms with E-state index >= 15 is 0 Å². The molecule has 0 bridgehead atoms. The van der Waals surface area contributed by atoms with Crippen LogP contribution < -0.4 is 10.6 Å². The maximum absolute atomic E-state index is 14.5. The monoisotopic (exact) mass is 906 g/mol. The summed E-state index contributed by atoms with van der Waals surface area (Å²) < 4.78 is 17.3. The van der Waals surface area contributed by atoms with Crippen LogP contribution in [0, 0.1) is 23.7 Å². The minimum atomic E-state index is -0.894. The van der Waals surface area contributed by atoms with E-state index in [0.717, 1.165) is 27.8 Å². The molecule has 5 rings (SSSR count). The number of nitrogens with zero attached hydrogens (tertiary/aromatic N) is 2. The maximum Gasteiger partial charge on any atom is 0.407 e. The third-order valence-corrected chi connectivity index (χ3v) is 13.0. The molecule has 12 nitrogen and oxygen atoms in total. The van der Waals surface area contributed by atoms with Crippen LogP contribution in [-0.4, -0.2) is 78.1 Å². The predicted molar refractivity (Wildman–Crippen MR) is 254 cm³/mol. The van der Waals surface area contributed by atoms with Crippen molar-refractivity contribution in [1.29, 1.82) is 0 Å². The number of hydrogen-bond acceptors (Lipinski definition) is 10. The molecule has 0 fully saturated rings. The van der Waals surface area contributed by atoms with Crippen LogP contribution in [0.3, 0.4) is 0 Å². The van der Waals surface area contributed by atoms with Gasteiger partial charge in [0.25, 0.3) is 5.91 Å². The molecule has 0 radical (unpaired) electrons. The van der Waals surface area contributed by atoms with Crippen LogP contribution >= 0.6 is 11.3 Å². The van der Waals surface area contributed by atoms with Crippen molar-refractivity contribution in [3.05, 3.63) is 124 Å². The number of rotatable bonds is 23. The van der Waals surface area contributed by atoms with Gasteiger partial charge in [0.05, 0.1) is 5.92 Å². The quantitative estimate of drug-likeness (QED) is 0.0421. The fraction of sp³-hybridized carbons (Fsp3) is 0.462. The lowest BCUT2D eigenvalue weighted by Crippen LogP contribution is -2.54. The first-order valence-electron chi connectivity index (χ1n) is 22.8. The normalized spacial score (nSPS) is 14.8. The Hall–Kier alpha value is -5.82. The highest BCUT2D eigenvalue weighted by Gasteiger charge is 2.37. The number of carbonyl (C=O) groups is 5. The van der Waals surface area contributed by atoms with Gasteiger partial charge in [0.1, 0.15) is 30.0 Å². The summed E-state index contributed by atoms with van der Waals surface area (Å²) in [6, 6.07) is 24.1. The van der Waals surface area contributed by atoms with Crippen molar-refractivity contribution < 1.29 is 38.2 Å². The smallest absolute Gasteiger partial charge is 0.407 e. The molecule has 2 N–H and O–H groups in total. The summed E-state index contributed by atoms with van der Waals surface area (Å²) >= 11 is 1.20. The third kappa shape index (κ3) is 13.6. The van der Waals surface area contributed by atoms with Crippen molar-refractivity contribution in [1.82, 2.24) is 20.5 Å². The molecule has 1 aliphatic carbocycles. The molecule has 0 unspecified atom stereocenters. The van der Waals surface area contributed by atoms with E-state index in [1.54, 1.807) is 24.3 Å². The van der Waals surface area contributed by atoms with E-state index < -0.39 is 48.1 Å². The Morgan fingerprint density at radius 2 is 1.48 bits per heavy atom. The molecular weight excluding hydrogens is 841 g/mol. The molecule has 6 atom stereocenters. The summed E-state index contributed by atoms with van der Waals surface area (Å²) in [5, 5.41) is 8.03. The molecule has 0 spiro atoms. The largest absolute Gasteiger partial charge is 0.461 e. The zero-order valence-electron chi connectivity index (χ0n) is 39.1. The SMILES string of the molecule is C=CCOC(=O)[C@@H](C)C[C@H](Cc1ccccc1)NC(=O)c1csc([C@@H](C[C@H](C(C)C)N(C)C(=O)[C@@H](NC(=O)OCC2c3ccccc3-c3ccccc32)[C@@H](C)CC)OC(=O)CC(C)C)n1. The molecule has 3 aromatic carbocycles. The highest BCUT2D eigenvalue weighted by Crippen LogP contribution is 2.44. The Balaban J connectivity index is 1.32. The zero-order valence-corrected chi connectivity index (χ0v) is 39.9. The van der Waals surface area contributed by atoms with Crippen molar-refractivity contribution in [2.75, 3.05) is 20.3 Å². The van der Waals surface area contributed by atoms with Gasteiger partial charge in [-0.1, -0.05) is 146 Å².